The van der Waals surface area contributed by atoms with Crippen molar-refractivity contribution in [1.29, 1.82) is 0 Å². The maximum Gasteiger partial charge on any atom is 0.241 e. The Bertz CT molecular complexity index is 483. The van der Waals surface area contributed by atoms with Crippen LogP contribution in [0.5, 0.6) is 0 Å². The highest BCUT2D eigenvalue weighted by molar-refractivity contribution is 5.85. The normalized spacial score (nSPS) is 27.1. The molecule has 1 amide bonds. The fourth-order valence-electron chi connectivity index (χ4n) is 3.50. The van der Waals surface area contributed by atoms with Gasteiger partial charge in [0.05, 0.1) is 12.2 Å². The topological polar surface area (TPSA) is 32.3 Å². The molecular weight excluding hydrogens is 260 g/mol. The van der Waals surface area contributed by atoms with Gasteiger partial charge in [-0.2, -0.15) is 0 Å². The Balaban J connectivity index is 1.72. The number of hydrogen-bond donors (Lipinski definition) is 1. The molecule has 114 valence electrons. The van der Waals surface area contributed by atoms with Crippen LogP contribution in [0.4, 0.5) is 0 Å². The second-order valence-electron chi connectivity index (χ2n) is 6.54. The molecule has 3 nitrogen and oxygen atoms in total. The van der Waals surface area contributed by atoms with Gasteiger partial charge in [0, 0.05) is 6.04 Å². The molecule has 0 radical (unpaired) electrons. The molecular formula is C18H26N2O. The molecule has 1 saturated carbocycles. The molecule has 1 heterocycles. The van der Waals surface area contributed by atoms with Gasteiger partial charge in [-0.1, -0.05) is 43.7 Å². The van der Waals surface area contributed by atoms with Gasteiger partial charge >= 0.3 is 0 Å². The van der Waals surface area contributed by atoms with Crippen molar-refractivity contribution in [3.63, 3.8) is 0 Å². The van der Waals surface area contributed by atoms with Gasteiger partial charge in [0.1, 0.15) is 0 Å². The van der Waals surface area contributed by atoms with Crippen molar-refractivity contribution in [3.05, 3.63) is 35.9 Å². The Morgan fingerprint density at radius 3 is 2.62 bits per heavy atom. The van der Waals surface area contributed by atoms with E-state index in [9.17, 15) is 4.79 Å². The van der Waals surface area contributed by atoms with Crippen LogP contribution in [0.2, 0.25) is 0 Å². The number of rotatable bonds is 6. The van der Waals surface area contributed by atoms with Crippen molar-refractivity contribution in [3.8, 4) is 0 Å². The molecule has 3 atom stereocenters. The van der Waals surface area contributed by atoms with Crippen molar-refractivity contribution in [1.82, 2.24) is 10.2 Å². The first kappa shape index (κ1) is 14.6. The van der Waals surface area contributed by atoms with E-state index in [0.29, 0.717) is 11.9 Å². The van der Waals surface area contributed by atoms with Crippen molar-refractivity contribution < 1.29 is 4.79 Å². The third-order valence-corrected chi connectivity index (χ3v) is 4.87. The van der Waals surface area contributed by atoms with Crippen LogP contribution in [0, 0.1) is 5.92 Å². The van der Waals surface area contributed by atoms with Gasteiger partial charge in [-0.05, 0) is 44.1 Å². The van der Waals surface area contributed by atoms with Crippen LogP contribution in [-0.2, 0) is 11.2 Å². The number of benzene rings is 1. The van der Waals surface area contributed by atoms with Crippen LogP contribution >= 0.6 is 0 Å². The van der Waals surface area contributed by atoms with Crippen molar-refractivity contribution in [2.75, 3.05) is 0 Å². The summed E-state index contributed by atoms with van der Waals surface area (Å²) in [6.07, 6.45) is 5.76. The van der Waals surface area contributed by atoms with Gasteiger partial charge in [-0.3, -0.25) is 10.1 Å². The molecule has 1 aliphatic heterocycles. The number of carbonyl (C=O) groups is 1. The summed E-state index contributed by atoms with van der Waals surface area (Å²) in [6, 6.07) is 10.7. The highest BCUT2D eigenvalue weighted by atomic mass is 16.2. The number of nitrogens with zero attached hydrogens (tertiary/aromatic N) is 1. The lowest BCUT2D eigenvalue weighted by Gasteiger charge is -2.30. The molecule has 0 aromatic heterocycles. The monoisotopic (exact) mass is 286 g/mol. The lowest BCUT2D eigenvalue weighted by molar-refractivity contribution is -0.132. The number of nitrogens with one attached hydrogen (secondary N) is 1. The summed E-state index contributed by atoms with van der Waals surface area (Å²) < 4.78 is 0. The highest BCUT2D eigenvalue weighted by Crippen LogP contribution is 2.37. The van der Waals surface area contributed by atoms with E-state index in [1.807, 2.05) is 18.2 Å². The molecule has 0 spiro atoms. The quantitative estimate of drug-likeness (QED) is 0.872. The van der Waals surface area contributed by atoms with Gasteiger partial charge < -0.3 is 4.90 Å². The first-order valence-electron chi connectivity index (χ1n) is 8.33. The second kappa shape index (κ2) is 6.18. The molecule has 2 fully saturated rings. The molecule has 2 aliphatic rings. The van der Waals surface area contributed by atoms with E-state index in [-0.39, 0.29) is 12.2 Å². The summed E-state index contributed by atoms with van der Waals surface area (Å²) in [5, 5.41) is 3.58. The van der Waals surface area contributed by atoms with E-state index in [1.165, 1.54) is 18.4 Å². The molecule has 3 heteroatoms. The Hall–Kier alpha value is -1.35. The van der Waals surface area contributed by atoms with Crippen molar-refractivity contribution in [2.24, 2.45) is 5.92 Å². The van der Waals surface area contributed by atoms with Gasteiger partial charge in [0.2, 0.25) is 5.91 Å². The van der Waals surface area contributed by atoms with E-state index < -0.39 is 0 Å². The zero-order valence-corrected chi connectivity index (χ0v) is 13.1. The molecule has 0 bridgehead atoms. The maximum atomic E-state index is 12.8. The molecule has 1 aromatic rings. The smallest absolute Gasteiger partial charge is 0.241 e. The molecule has 21 heavy (non-hydrogen) atoms. The van der Waals surface area contributed by atoms with Crippen LogP contribution in [0.3, 0.4) is 0 Å². The van der Waals surface area contributed by atoms with Crippen LogP contribution in [-0.4, -0.2) is 29.1 Å². The number of amides is 1. The lowest BCUT2D eigenvalue weighted by Crippen LogP contribution is -2.44. The van der Waals surface area contributed by atoms with Crippen LogP contribution in [0.15, 0.2) is 30.3 Å². The van der Waals surface area contributed by atoms with E-state index in [2.05, 4.69) is 36.2 Å². The molecule has 1 aromatic carbocycles. The zero-order chi connectivity index (χ0) is 14.8. The van der Waals surface area contributed by atoms with E-state index in [0.717, 1.165) is 25.2 Å². The minimum atomic E-state index is -0.0508. The van der Waals surface area contributed by atoms with E-state index in [1.54, 1.807) is 0 Å². The third-order valence-electron chi connectivity index (χ3n) is 4.87. The van der Waals surface area contributed by atoms with Gasteiger partial charge in [0.25, 0.3) is 0 Å². The standard InChI is InChI=1S/C18H26N2O/c1-3-7-17-19-16(12-14-8-5-4-6-9-14)18(21)20(17)13(2)15-10-11-15/h4-6,8-9,13,15-17,19H,3,7,10-12H2,1-2H3. The largest absolute Gasteiger partial charge is 0.323 e. The third kappa shape index (κ3) is 3.13. The summed E-state index contributed by atoms with van der Waals surface area (Å²) in [5.74, 6) is 1.03. The molecule has 3 rings (SSSR count). The minimum Gasteiger partial charge on any atom is -0.323 e. The van der Waals surface area contributed by atoms with Gasteiger partial charge in [-0.25, -0.2) is 0 Å². The first-order chi connectivity index (χ1) is 10.2. The fourth-order valence-corrected chi connectivity index (χ4v) is 3.50. The number of hydrogen-bond acceptors (Lipinski definition) is 2. The Morgan fingerprint density at radius 1 is 1.29 bits per heavy atom. The number of carbonyl (C=O) groups excluding carboxylic acids is 1. The van der Waals surface area contributed by atoms with Gasteiger partial charge in [0.15, 0.2) is 0 Å². The molecule has 3 unspecified atom stereocenters. The lowest BCUT2D eigenvalue weighted by atomic mass is 10.1. The Morgan fingerprint density at radius 2 is 2.00 bits per heavy atom. The van der Waals surface area contributed by atoms with E-state index >= 15 is 0 Å². The van der Waals surface area contributed by atoms with Crippen LogP contribution in [0.1, 0.15) is 45.1 Å². The SMILES string of the molecule is CCCC1NC(Cc2ccccc2)C(=O)N1C(C)C1CC1. The average Bonchev–Trinajstić information content (AvgIpc) is 3.28. The van der Waals surface area contributed by atoms with E-state index in [4.69, 9.17) is 0 Å². The minimum absolute atomic E-state index is 0.0508. The molecule has 1 aliphatic carbocycles. The predicted molar refractivity (Wildman–Crippen MR) is 84.8 cm³/mol. The summed E-state index contributed by atoms with van der Waals surface area (Å²) >= 11 is 0. The first-order valence-corrected chi connectivity index (χ1v) is 8.33. The summed E-state index contributed by atoms with van der Waals surface area (Å²) in [7, 11) is 0. The van der Waals surface area contributed by atoms with Crippen LogP contribution in [0.25, 0.3) is 0 Å². The van der Waals surface area contributed by atoms with Crippen molar-refractivity contribution in [2.45, 2.75) is 64.2 Å². The summed E-state index contributed by atoms with van der Waals surface area (Å²) in [6.45, 7) is 4.42. The second-order valence-corrected chi connectivity index (χ2v) is 6.54. The summed E-state index contributed by atoms with van der Waals surface area (Å²) in [4.78, 5) is 15.0. The fraction of sp³-hybridized carbons (Fsp3) is 0.611. The van der Waals surface area contributed by atoms with Crippen molar-refractivity contribution >= 4 is 5.91 Å². The average molecular weight is 286 g/mol. The highest BCUT2D eigenvalue weighted by Gasteiger charge is 2.44. The predicted octanol–water partition coefficient (Wildman–Crippen LogP) is 2.95. The van der Waals surface area contributed by atoms with Gasteiger partial charge in [-0.15, -0.1) is 0 Å². The molecule has 1 saturated heterocycles. The Kier molecular flexibility index (Phi) is 4.29. The zero-order valence-electron chi connectivity index (χ0n) is 13.1. The maximum absolute atomic E-state index is 12.8. The molecule has 1 N–H and O–H groups in total. The van der Waals surface area contributed by atoms with Crippen LogP contribution < -0.4 is 5.32 Å². The summed E-state index contributed by atoms with van der Waals surface area (Å²) in [5.41, 5.74) is 1.24. The Labute approximate surface area is 127 Å².